The molecule has 0 unspecified atom stereocenters. The number of carbonyl (C=O) groups is 2. The third-order valence-electron chi connectivity index (χ3n) is 3.80. The summed E-state index contributed by atoms with van der Waals surface area (Å²) in [7, 11) is 0. The zero-order valence-corrected chi connectivity index (χ0v) is 12.2. The van der Waals surface area contributed by atoms with Crippen molar-refractivity contribution in [1.82, 2.24) is 4.90 Å². The predicted octanol–water partition coefficient (Wildman–Crippen LogP) is 1.83. The number of hydrogen-bond acceptors (Lipinski definition) is 3. The van der Waals surface area contributed by atoms with Gasteiger partial charge in [-0.15, -0.1) is 0 Å². The van der Waals surface area contributed by atoms with E-state index in [1.54, 1.807) is 0 Å². The first kappa shape index (κ1) is 16.0. The quantitative estimate of drug-likeness (QED) is 0.771. The van der Waals surface area contributed by atoms with Crippen molar-refractivity contribution < 1.29 is 24.9 Å². The molecule has 1 aliphatic rings. The van der Waals surface area contributed by atoms with Crippen LogP contribution >= 0.6 is 0 Å². The van der Waals surface area contributed by atoms with Gasteiger partial charge in [0.25, 0.3) is 0 Å². The van der Waals surface area contributed by atoms with Crippen LogP contribution in [-0.4, -0.2) is 52.0 Å². The Morgan fingerprint density at radius 1 is 1.14 bits per heavy atom. The van der Waals surface area contributed by atoms with E-state index >= 15 is 0 Å². The van der Waals surface area contributed by atoms with Crippen LogP contribution in [-0.2, 0) is 11.2 Å². The molecule has 0 aromatic heterocycles. The van der Waals surface area contributed by atoms with Gasteiger partial charge in [-0.25, -0.2) is 9.59 Å². The topological polar surface area (TPSA) is 98.1 Å². The molecular weight excluding hydrogens is 286 g/mol. The molecule has 1 heterocycles. The number of hydrogen-bond donors (Lipinski definition) is 3. The molecule has 118 valence electrons. The van der Waals surface area contributed by atoms with Gasteiger partial charge in [-0.3, -0.25) is 0 Å². The maximum absolute atomic E-state index is 11.4. The number of rotatable bonds is 5. The number of aryl methyl sites for hydroxylation is 1. The average molecular weight is 305 g/mol. The van der Waals surface area contributed by atoms with Gasteiger partial charge in [0.1, 0.15) is 0 Å². The summed E-state index contributed by atoms with van der Waals surface area (Å²) in [5, 5.41) is 27.2. The molecule has 0 spiro atoms. The first-order valence-electron chi connectivity index (χ1n) is 7.16. The van der Waals surface area contributed by atoms with E-state index in [4.69, 9.17) is 10.2 Å². The van der Waals surface area contributed by atoms with Gasteiger partial charge in [0.15, 0.2) is 0 Å². The van der Waals surface area contributed by atoms with Crippen LogP contribution in [0.4, 0.5) is 4.79 Å². The Morgan fingerprint density at radius 2 is 1.82 bits per heavy atom. The molecule has 6 heteroatoms. The van der Waals surface area contributed by atoms with Gasteiger partial charge in [-0.05, 0) is 36.0 Å². The highest BCUT2D eigenvalue weighted by atomic mass is 16.4. The van der Waals surface area contributed by atoms with Gasteiger partial charge in [0.05, 0.1) is 12.1 Å². The van der Waals surface area contributed by atoms with Gasteiger partial charge in [0, 0.05) is 13.2 Å². The fourth-order valence-corrected chi connectivity index (χ4v) is 2.60. The van der Waals surface area contributed by atoms with E-state index < -0.39 is 12.1 Å². The Hall–Kier alpha value is -2.34. The Kier molecular flexibility index (Phi) is 5.16. The SMILES string of the molecule is O=C(O)C1=C(c2ccc(CCCO)cc2)CCN(C(=O)O)C1. The molecule has 0 atom stereocenters. The number of aliphatic hydroxyl groups is 1. The number of aliphatic carboxylic acids is 1. The molecule has 0 bridgehead atoms. The molecule has 1 aliphatic heterocycles. The van der Waals surface area contributed by atoms with E-state index in [-0.39, 0.29) is 18.7 Å². The predicted molar refractivity (Wildman–Crippen MR) is 80.6 cm³/mol. The van der Waals surface area contributed by atoms with Crippen molar-refractivity contribution in [2.24, 2.45) is 0 Å². The van der Waals surface area contributed by atoms with Crippen LogP contribution in [0, 0.1) is 0 Å². The molecular formula is C16H19NO5. The van der Waals surface area contributed by atoms with Crippen molar-refractivity contribution in [2.45, 2.75) is 19.3 Å². The third kappa shape index (κ3) is 3.65. The summed E-state index contributed by atoms with van der Waals surface area (Å²) >= 11 is 0. The van der Waals surface area contributed by atoms with E-state index in [0.717, 1.165) is 22.4 Å². The summed E-state index contributed by atoms with van der Waals surface area (Å²) in [4.78, 5) is 23.5. The van der Waals surface area contributed by atoms with Crippen LogP contribution in [0.2, 0.25) is 0 Å². The number of nitrogens with zero attached hydrogens (tertiary/aromatic N) is 1. The average Bonchev–Trinajstić information content (AvgIpc) is 2.52. The number of amides is 1. The molecule has 6 nitrogen and oxygen atoms in total. The minimum atomic E-state index is -1.10. The van der Waals surface area contributed by atoms with Gasteiger partial charge < -0.3 is 20.2 Å². The fraction of sp³-hybridized carbons (Fsp3) is 0.375. The van der Waals surface area contributed by atoms with Crippen LogP contribution < -0.4 is 0 Å². The number of carboxylic acids is 1. The maximum atomic E-state index is 11.4. The second kappa shape index (κ2) is 7.09. The van der Waals surface area contributed by atoms with Crippen molar-refractivity contribution in [3.63, 3.8) is 0 Å². The monoisotopic (exact) mass is 305 g/mol. The summed E-state index contributed by atoms with van der Waals surface area (Å²) < 4.78 is 0. The molecule has 0 saturated heterocycles. The lowest BCUT2D eigenvalue weighted by Crippen LogP contribution is -2.37. The Balaban J connectivity index is 2.26. The summed E-state index contributed by atoms with van der Waals surface area (Å²) in [6.07, 6.45) is 0.756. The van der Waals surface area contributed by atoms with Crippen LogP contribution in [0.25, 0.3) is 5.57 Å². The summed E-state index contributed by atoms with van der Waals surface area (Å²) in [5.41, 5.74) is 2.73. The Bertz CT molecular complexity index is 591. The standard InChI is InChI=1S/C16H19NO5/c18-9-1-2-11-3-5-12(6-4-11)13-7-8-17(16(21)22)10-14(13)15(19)20/h3-6,18H,1-2,7-10H2,(H,19,20)(H,21,22). The molecule has 1 aromatic rings. The summed E-state index contributed by atoms with van der Waals surface area (Å²) in [5.74, 6) is -1.08. The van der Waals surface area contributed by atoms with E-state index in [1.165, 1.54) is 0 Å². The normalized spacial score (nSPS) is 15.0. The van der Waals surface area contributed by atoms with Crippen molar-refractivity contribution in [3.8, 4) is 0 Å². The Morgan fingerprint density at radius 3 is 2.36 bits per heavy atom. The van der Waals surface area contributed by atoms with Crippen LogP contribution in [0.1, 0.15) is 24.0 Å². The molecule has 3 N–H and O–H groups in total. The Labute approximate surface area is 128 Å². The molecule has 2 rings (SSSR count). The fourth-order valence-electron chi connectivity index (χ4n) is 2.60. The highest BCUT2D eigenvalue weighted by molar-refractivity contribution is 5.98. The molecule has 1 aromatic carbocycles. The van der Waals surface area contributed by atoms with Gasteiger partial charge in [0.2, 0.25) is 0 Å². The van der Waals surface area contributed by atoms with E-state index in [0.29, 0.717) is 25.0 Å². The van der Waals surface area contributed by atoms with E-state index in [1.807, 2.05) is 24.3 Å². The maximum Gasteiger partial charge on any atom is 0.407 e. The van der Waals surface area contributed by atoms with E-state index in [2.05, 4.69) is 0 Å². The summed E-state index contributed by atoms with van der Waals surface area (Å²) in [6.45, 7) is 0.348. The van der Waals surface area contributed by atoms with Crippen molar-refractivity contribution in [3.05, 3.63) is 41.0 Å². The lowest BCUT2D eigenvalue weighted by molar-refractivity contribution is -0.132. The molecule has 0 fully saturated rings. The van der Waals surface area contributed by atoms with Crippen LogP contribution in [0.15, 0.2) is 29.8 Å². The zero-order valence-electron chi connectivity index (χ0n) is 12.2. The van der Waals surface area contributed by atoms with Crippen molar-refractivity contribution in [2.75, 3.05) is 19.7 Å². The van der Waals surface area contributed by atoms with E-state index in [9.17, 15) is 14.7 Å². The molecule has 0 saturated carbocycles. The second-order valence-electron chi connectivity index (χ2n) is 5.24. The number of benzene rings is 1. The third-order valence-corrected chi connectivity index (χ3v) is 3.80. The lowest BCUT2D eigenvalue weighted by atomic mass is 9.92. The second-order valence-corrected chi connectivity index (χ2v) is 5.24. The zero-order chi connectivity index (χ0) is 16.1. The molecule has 0 radical (unpaired) electrons. The van der Waals surface area contributed by atoms with Crippen molar-refractivity contribution in [1.29, 1.82) is 0 Å². The van der Waals surface area contributed by atoms with Crippen LogP contribution in [0.5, 0.6) is 0 Å². The lowest BCUT2D eigenvalue weighted by Gasteiger charge is -2.27. The molecule has 1 amide bonds. The van der Waals surface area contributed by atoms with Gasteiger partial charge in [-0.1, -0.05) is 24.3 Å². The minimum Gasteiger partial charge on any atom is -0.478 e. The minimum absolute atomic E-state index is 0.0910. The summed E-state index contributed by atoms with van der Waals surface area (Å²) in [6, 6.07) is 7.56. The molecule has 0 aliphatic carbocycles. The van der Waals surface area contributed by atoms with Crippen molar-refractivity contribution >= 4 is 17.6 Å². The highest BCUT2D eigenvalue weighted by Crippen LogP contribution is 2.28. The number of aliphatic hydroxyl groups excluding tert-OH is 1. The van der Waals surface area contributed by atoms with Gasteiger partial charge >= 0.3 is 12.1 Å². The first-order valence-corrected chi connectivity index (χ1v) is 7.16. The molecule has 22 heavy (non-hydrogen) atoms. The smallest absolute Gasteiger partial charge is 0.407 e. The highest BCUT2D eigenvalue weighted by Gasteiger charge is 2.26. The van der Waals surface area contributed by atoms with Gasteiger partial charge in [-0.2, -0.15) is 0 Å². The van der Waals surface area contributed by atoms with Crippen LogP contribution in [0.3, 0.4) is 0 Å². The largest absolute Gasteiger partial charge is 0.478 e. The number of carboxylic acid groups (broad SMARTS) is 2. The first-order chi connectivity index (χ1) is 10.5.